The van der Waals surface area contributed by atoms with Crippen LogP contribution in [0.5, 0.6) is 11.5 Å². The summed E-state index contributed by atoms with van der Waals surface area (Å²) in [5.41, 5.74) is 3.08. The van der Waals surface area contributed by atoms with Gasteiger partial charge in [-0.15, -0.1) is 0 Å². The van der Waals surface area contributed by atoms with Crippen molar-refractivity contribution in [1.82, 2.24) is 16.0 Å². The second kappa shape index (κ2) is 10.9. The molecule has 0 aromatic heterocycles. The lowest BCUT2D eigenvalue weighted by atomic mass is 10.0. The molecule has 1 heterocycles. The van der Waals surface area contributed by atoms with E-state index in [1.54, 1.807) is 0 Å². The molecule has 0 bridgehead atoms. The summed E-state index contributed by atoms with van der Waals surface area (Å²) in [5, 5.41) is 8.68. The molecule has 2 aromatic carbocycles. The summed E-state index contributed by atoms with van der Waals surface area (Å²) >= 11 is 0. The van der Waals surface area contributed by atoms with Crippen LogP contribution in [0.15, 0.2) is 42.5 Å². The molecule has 0 fully saturated rings. The van der Waals surface area contributed by atoms with Crippen LogP contribution in [0.25, 0.3) is 0 Å². The van der Waals surface area contributed by atoms with E-state index in [1.807, 2.05) is 70.2 Å². The van der Waals surface area contributed by atoms with Gasteiger partial charge in [0.25, 0.3) is 0 Å². The monoisotopic (exact) mass is 439 g/mol. The van der Waals surface area contributed by atoms with Crippen molar-refractivity contribution in [2.75, 3.05) is 13.2 Å². The zero-order chi connectivity index (χ0) is 23.1. The van der Waals surface area contributed by atoms with Crippen molar-refractivity contribution in [3.63, 3.8) is 0 Å². The van der Waals surface area contributed by atoms with Crippen LogP contribution in [-0.4, -0.2) is 31.2 Å². The number of urea groups is 1. The topological polar surface area (TPSA) is 88.7 Å². The number of ether oxygens (including phenoxy) is 2. The standard InChI is InChI=1S/C25H33N3O4/c1-16(2)13-21(28-25(30)26-15-19-7-5-17(3)6-8-19)24(29)27-18(4)20-9-10-22-23(14-20)32-12-11-31-22/h5-10,14,16,18,21H,11-13,15H2,1-4H3,(H,27,29)(H2,26,28,30)/t18-,21-/m0/s1. The third kappa shape index (κ3) is 6.64. The molecule has 32 heavy (non-hydrogen) atoms. The van der Waals surface area contributed by atoms with Gasteiger partial charge in [-0.3, -0.25) is 4.79 Å². The fourth-order valence-electron chi connectivity index (χ4n) is 3.53. The van der Waals surface area contributed by atoms with Crippen LogP contribution in [0.4, 0.5) is 4.79 Å². The van der Waals surface area contributed by atoms with E-state index in [0.29, 0.717) is 37.7 Å². The van der Waals surface area contributed by atoms with Crippen molar-refractivity contribution in [3.05, 3.63) is 59.2 Å². The number of rotatable bonds is 8. The Balaban J connectivity index is 1.58. The molecular weight excluding hydrogens is 406 g/mol. The Bertz CT molecular complexity index is 927. The van der Waals surface area contributed by atoms with E-state index in [-0.39, 0.29) is 23.9 Å². The van der Waals surface area contributed by atoms with E-state index in [0.717, 1.165) is 11.1 Å². The van der Waals surface area contributed by atoms with Gasteiger partial charge in [-0.05, 0) is 49.4 Å². The quantitative estimate of drug-likeness (QED) is 0.583. The van der Waals surface area contributed by atoms with E-state index in [1.165, 1.54) is 5.56 Å². The van der Waals surface area contributed by atoms with Gasteiger partial charge in [0.05, 0.1) is 6.04 Å². The summed E-state index contributed by atoms with van der Waals surface area (Å²) in [7, 11) is 0. The molecule has 1 aliphatic rings. The molecular formula is C25H33N3O4. The average Bonchev–Trinajstić information content (AvgIpc) is 2.77. The second-order valence-corrected chi connectivity index (χ2v) is 8.63. The first-order valence-electron chi connectivity index (χ1n) is 11.1. The molecule has 3 rings (SSSR count). The molecule has 0 aliphatic carbocycles. The minimum absolute atomic E-state index is 0.216. The summed E-state index contributed by atoms with van der Waals surface area (Å²) in [4.78, 5) is 25.5. The Morgan fingerprint density at radius 1 is 0.938 bits per heavy atom. The number of hydrogen-bond donors (Lipinski definition) is 3. The first-order valence-corrected chi connectivity index (χ1v) is 11.1. The molecule has 0 radical (unpaired) electrons. The lowest BCUT2D eigenvalue weighted by Gasteiger charge is -2.24. The first-order chi connectivity index (χ1) is 15.3. The maximum absolute atomic E-state index is 13.0. The van der Waals surface area contributed by atoms with Crippen molar-refractivity contribution in [2.45, 2.75) is 52.7 Å². The number of aryl methyl sites for hydroxylation is 1. The van der Waals surface area contributed by atoms with Gasteiger partial charge in [-0.25, -0.2) is 4.79 Å². The molecule has 3 amide bonds. The predicted octanol–water partition coefficient (Wildman–Crippen LogP) is 3.86. The Hall–Kier alpha value is -3.22. The van der Waals surface area contributed by atoms with Crippen molar-refractivity contribution < 1.29 is 19.1 Å². The molecule has 7 heteroatoms. The zero-order valence-electron chi connectivity index (χ0n) is 19.2. The second-order valence-electron chi connectivity index (χ2n) is 8.63. The van der Waals surface area contributed by atoms with Crippen LogP contribution in [0.1, 0.15) is 49.9 Å². The van der Waals surface area contributed by atoms with Crippen molar-refractivity contribution in [3.8, 4) is 11.5 Å². The lowest BCUT2D eigenvalue weighted by molar-refractivity contribution is -0.124. The summed E-state index contributed by atoms with van der Waals surface area (Å²) in [6.45, 7) is 9.42. The number of carbonyl (C=O) groups excluding carboxylic acids is 2. The number of hydrogen-bond acceptors (Lipinski definition) is 4. The largest absolute Gasteiger partial charge is 0.486 e. The van der Waals surface area contributed by atoms with E-state index in [2.05, 4.69) is 16.0 Å². The average molecular weight is 440 g/mol. The molecule has 2 atom stereocenters. The van der Waals surface area contributed by atoms with E-state index in [9.17, 15) is 9.59 Å². The third-order valence-electron chi connectivity index (χ3n) is 5.33. The molecule has 3 N–H and O–H groups in total. The minimum Gasteiger partial charge on any atom is -0.486 e. The van der Waals surface area contributed by atoms with Gasteiger partial charge in [0.15, 0.2) is 11.5 Å². The van der Waals surface area contributed by atoms with Crippen molar-refractivity contribution >= 4 is 11.9 Å². The van der Waals surface area contributed by atoms with E-state index >= 15 is 0 Å². The van der Waals surface area contributed by atoms with Crippen LogP contribution in [-0.2, 0) is 11.3 Å². The molecule has 172 valence electrons. The molecule has 7 nitrogen and oxygen atoms in total. The Morgan fingerprint density at radius 2 is 1.62 bits per heavy atom. The highest BCUT2D eigenvalue weighted by Gasteiger charge is 2.24. The van der Waals surface area contributed by atoms with Gasteiger partial charge < -0.3 is 25.4 Å². The summed E-state index contributed by atoms with van der Waals surface area (Å²) in [6, 6.07) is 12.4. The van der Waals surface area contributed by atoms with Gasteiger partial charge >= 0.3 is 6.03 Å². The van der Waals surface area contributed by atoms with Gasteiger partial charge in [0, 0.05) is 6.54 Å². The fourth-order valence-corrected chi connectivity index (χ4v) is 3.53. The zero-order valence-corrected chi connectivity index (χ0v) is 19.2. The number of nitrogens with one attached hydrogen (secondary N) is 3. The van der Waals surface area contributed by atoms with Crippen LogP contribution in [0.3, 0.4) is 0 Å². The van der Waals surface area contributed by atoms with Crippen LogP contribution in [0, 0.1) is 12.8 Å². The highest BCUT2D eigenvalue weighted by Crippen LogP contribution is 2.32. The van der Waals surface area contributed by atoms with Crippen LogP contribution >= 0.6 is 0 Å². The van der Waals surface area contributed by atoms with Gasteiger partial charge in [0.2, 0.25) is 5.91 Å². The van der Waals surface area contributed by atoms with Gasteiger partial charge in [-0.1, -0.05) is 49.7 Å². The van der Waals surface area contributed by atoms with Crippen LogP contribution < -0.4 is 25.4 Å². The fraction of sp³-hybridized carbons (Fsp3) is 0.440. The van der Waals surface area contributed by atoms with Gasteiger partial charge in [-0.2, -0.15) is 0 Å². The number of benzene rings is 2. The summed E-state index contributed by atoms with van der Waals surface area (Å²) in [5.74, 6) is 1.42. The maximum Gasteiger partial charge on any atom is 0.315 e. The lowest BCUT2D eigenvalue weighted by Crippen LogP contribution is -2.50. The van der Waals surface area contributed by atoms with Crippen molar-refractivity contribution in [1.29, 1.82) is 0 Å². The molecule has 0 unspecified atom stereocenters. The van der Waals surface area contributed by atoms with E-state index < -0.39 is 6.04 Å². The molecule has 0 saturated heterocycles. The third-order valence-corrected chi connectivity index (χ3v) is 5.33. The number of amides is 3. The van der Waals surface area contributed by atoms with Crippen LogP contribution in [0.2, 0.25) is 0 Å². The highest BCUT2D eigenvalue weighted by atomic mass is 16.6. The van der Waals surface area contributed by atoms with E-state index in [4.69, 9.17) is 9.47 Å². The molecule has 0 spiro atoms. The Kier molecular flexibility index (Phi) is 7.98. The van der Waals surface area contributed by atoms with Gasteiger partial charge in [0.1, 0.15) is 19.3 Å². The molecule has 0 saturated carbocycles. The molecule has 1 aliphatic heterocycles. The minimum atomic E-state index is -0.632. The Labute approximate surface area is 189 Å². The number of carbonyl (C=O) groups is 2. The number of fused-ring (bicyclic) bond motifs is 1. The SMILES string of the molecule is Cc1ccc(CNC(=O)N[C@@H](CC(C)C)C(=O)N[C@@H](C)c2ccc3c(c2)OCCO3)cc1. The molecule has 2 aromatic rings. The highest BCUT2D eigenvalue weighted by molar-refractivity contribution is 5.87. The predicted molar refractivity (Wildman–Crippen MR) is 124 cm³/mol. The maximum atomic E-state index is 13.0. The summed E-state index contributed by atoms with van der Waals surface area (Å²) < 4.78 is 11.2. The smallest absolute Gasteiger partial charge is 0.315 e. The first kappa shape index (κ1) is 23.4. The van der Waals surface area contributed by atoms with Crippen molar-refractivity contribution in [2.24, 2.45) is 5.92 Å². The summed E-state index contributed by atoms with van der Waals surface area (Å²) in [6.07, 6.45) is 0.539. The normalized spacial score (nSPS) is 14.4. The Morgan fingerprint density at radius 3 is 2.31 bits per heavy atom.